The zero-order valence-electron chi connectivity index (χ0n) is 8.03. The third-order valence-electron chi connectivity index (χ3n) is 2.34. The molecule has 0 atom stereocenters. The van der Waals surface area contributed by atoms with Crippen molar-refractivity contribution in [1.82, 2.24) is 0 Å². The van der Waals surface area contributed by atoms with Crippen LogP contribution >= 0.6 is 0 Å². The van der Waals surface area contributed by atoms with Gasteiger partial charge in [0.2, 0.25) is 0 Å². The van der Waals surface area contributed by atoms with Crippen LogP contribution in [0.15, 0.2) is 29.3 Å². The number of amidine groups is 1. The maximum Gasteiger partial charge on any atom is 0.303 e. The minimum absolute atomic E-state index is 0.0432. The number of rotatable bonds is 3. The molecule has 0 unspecified atom stereocenters. The Morgan fingerprint density at radius 1 is 1.40 bits per heavy atom. The van der Waals surface area contributed by atoms with E-state index < -0.39 is 5.97 Å². The van der Waals surface area contributed by atoms with Crippen molar-refractivity contribution in [2.45, 2.75) is 12.8 Å². The minimum atomic E-state index is -0.848. The SMILES string of the molecule is N=C1N=c2ccccc2=C1CCC(=O)O. The van der Waals surface area contributed by atoms with Crippen LogP contribution in [-0.2, 0) is 4.79 Å². The summed E-state index contributed by atoms with van der Waals surface area (Å²) < 4.78 is 0. The molecule has 2 N–H and O–H groups in total. The van der Waals surface area contributed by atoms with Crippen molar-refractivity contribution in [3.8, 4) is 0 Å². The fraction of sp³-hybridized carbons (Fsp3) is 0.182. The number of benzene rings is 1. The van der Waals surface area contributed by atoms with Gasteiger partial charge in [0.05, 0.1) is 5.36 Å². The van der Waals surface area contributed by atoms with Crippen LogP contribution in [0.4, 0.5) is 0 Å². The first kappa shape index (κ1) is 9.58. The smallest absolute Gasteiger partial charge is 0.303 e. The van der Waals surface area contributed by atoms with Gasteiger partial charge in [0.25, 0.3) is 0 Å². The number of carboxylic acids is 1. The number of carbonyl (C=O) groups is 1. The number of para-hydroxylation sites is 1. The lowest BCUT2D eigenvalue weighted by Crippen LogP contribution is -2.22. The Bertz CT molecular complexity index is 546. The summed E-state index contributed by atoms with van der Waals surface area (Å²) >= 11 is 0. The van der Waals surface area contributed by atoms with Crippen molar-refractivity contribution in [2.24, 2.45) is 4.99 Å². The molecule has 2 rings (SSSR count). The molecule has 0 spiro atoms. The Labute approximate surface area is 86.1 Å². The molecule has 0 amide bonds. The Morgan fingerprint density at radius 3 is 2.87 bits per heavy atom. The van der Waals surface area contributed by atoms with Gasteiger partial charge in [0.15, 0.2) is 0 Å². The highest BCUT2D eigenvalue weighted by atomic mass is 16.4. The molecular weight excluding hydrogens is 192 g/mol. The fourth-order valence-corrected chi connectivity index (χ4v) is 1.63. The number of aliphatic carboxylic acids is 1. The molecule has 1 aromatic rings. The van der Waals surface area contributed by atoms with Crippen molar-refractivity contribution in [3.63, 3.8) is 0 Å². The molecule has 1 heterocycles. The molecule has 76 valence electrons. The summed E-state index contributed by atoms with van der Waals surface area (Å²) in [7, 11) is 0. The highest BCUT2D eigenvalue weighted by Gasteiger charge is 2.13. The second-order valence-electron chi connectivity index (χ2n) is 3.35. The van der Waals surface area contributed by atoms with Crippen LogP contribution in [0, 0.1) is 5.41 Å². The van der Waals surface area contributed by atoms with Gasteiger partial charge in [-0.05, 0) is 12.5 Å². The lowest BCUT2D eigenvalue weighted by molar-refractivity contribution is -0.136. The minimum Gasteiger partial charge on any atom is -0.481 e. The van der Waals surface area contributed by atoms with Crippen LogP contribution in [-0.4, -0.2) is 16.9 Å². The lowest BCUT2D eigenvalue weighted by Gasteiger charge is -1.97. The standard InChI is InChI=1S/C11H10N2O2/c12-11-8(5-6-10(14)15)7-3-1-2-4-9(7)13-11/h1-4,12H,5-6H2,(H,14,15). The number of hydrogen-bond acceptors (Lipinski definition) is 2. The van der Waals surface area contributed by atoms with E-state index in [-0.39, 0.29) is 12.3 Å². The second kappa shape index (κ2) is 3.65. The normalized spacial score (nSPS) is 13.6. The highest BCUT2D eigenvalue weighted by Crippen LogP contribution is 2.08. The maximum absolute atomic E-state index is 10.5. The van der Waals surface area contributed by atoms with Crippen molar-refractivity contribution in [2.75, 3.05) is 0 Å². The predicted molar refractivity (Wildman–Crippen MR) is 55.2 cm³/mol. The average molecular weight is 202 g/mol. The van der Waals surface area contributed by atoms with E-state index in [1.54, 1.807) is 0 Å². The predicted octanol–water partition coefficient (Wildman–Crippen LogP) is 0.313. The first-order valence-electron chi connectivity index (χ1n) is 4.66. The van der Waals surface area contributed by atoms with E-state index in [4.69, 9.17) is 10.5 Å². The monoisotopic (exact) mass is 202 g/mol. The topological polar surface area (TPSA) is 73.5 Å². The summed E-state index contributed by atoms with van der Waals surface area (Å²) in [6, 6.07) is 7.43. The van der Waals surface area contributed by atoms with E-state index >= 15 is 0 Å². The van der Waals surface area contributed by atoms with Gasteiger partial charge in [-0.25, -0.2) is 4.99 Å². The Kier molecular flexibility index (Phi) is 2.33. The van der Waals surface area contributed by atoms with Gasteiger partial charge < -0.3 is 5.11 Å². The van der Waals surface area contributed by atoms with Gasteiger partial charge in [0, 0.05) is 17.2 Å². The maximum atomic E-state index is 10.5. The van der Waals surface area contributed by atoms with E-state index in [1.807, 2.05) is 24.3 Å². The van der Waals surface area contributed by atoms with Crippen LogP contribution in [0.25, 0.3) is 5.57 Å². The van der Waals surface area contributed by atoms with Crippen molar-refractivity contribution in [3.05, 3.63) is 34.8 Å². The molecule has 0 fully saturated rings. The number of hydrogen-bond donors (Lipinski definition) is 2. The van der Waals surface area contributed by atoms with Gasteiger partial charge in [-0.1, -0.05) is 18.2 Å². The van der Waals surface area contributed by atoms with E-state index in [0.717, 1.165) is 16.1 Å². The van der Waals surface area contributed by atoms with E-state index in [2.05, 4.69) is 4.99 Å². The van der Waals surface area contributed by atoms with Gasteiger partial charge in [0.1, 0.15) is 5.84 Å². The van der Waals surface area contributed by atoms with Crippen molar-refractivity contribution < 1.29 is 9.90 Å². The number of fused-ring (bicyclic) bond motifs is 1. The molecule has 0 aromatic heterocycles. The molecule has 0 saturated carbocycles. The number of nitrogens with zero attached hydrogens (tertiary/aromatic N) is 1. The average Bonchev–Trinajstić information content (AvgIpc) is 2.50. The molecule has 0 aliphatic carbocycles. The number of carboxylic acid groups (broad SMARTS) is 1. The quantitative estimate of drug-likeness (QED) is 0.740. The van der Waals surface area contributed by atoms with Crippen molar-refractivity contribution >= 4 is 17.4 Å². The van der Waals surface area contributed by atoms with E-state index in [1.165, 1.54) is 0 Å². The summed E-state index contributed by atoms with van der Waals surface area (Å²) in [6.45, 7) is 0. The third-order valence-corrected chi connectivity index (χ3v) is 2.34. The Morgan fingerprint density at radius 2 is 2.13 bits per heavy atom. The molecule has 4 heteroatoms. The Balaban J connectivity index is 2.44. The summed E-state index contributed by atoms with van der Waals surface area (Å²) in [6.07, 6.45) is 0.413. The molecule has 0 bridgehead atoms. The van der Waals surface area contributed by atoms with Crippen LogP contribution in [0.5, 0.6) is 0 Å². The Hall–Kier alpha value is -1.97. The van der Waals surface area contributed by atoms with Gasteiger partial charge in [-0.2, -0.15) is 0 Å². The van der Waals surface area contributed by atoms with Gasteiger partial charge in [-0.15, -0.1) is 0 Å². The van der Waals surface area contributed by atoms with Crippen LogP contribution < -0.4 is 10.6 Å². The van der Waals surface area contributed by atoms with Crippen LogP contribution in [0.3, 0.4) is 0 Å². The molecular formula is C11H10N2O2. The molecule has 15 heavy (non-hydrogen) atoms. The molecule has 1 aromatic carbocycles. The molecule has 4 nitrogen and oxygen atoms in total. The third kappa shape index (κ3) is 1.79. The first-order valence-corrected chi connectivity index (χ1v) is 4.66. The van der Waals surface area contributed by atoms with Crippen LogP contribution in [0.2, 0.25) is 0 Å². The summed E-state index contributed by atoms with van der Waals surface area (Å²) in [5.74, 6) is -0.655. The fourth-order valence-electron chi connectivity index (χ4n) is 1.63. The molecule has 0 saturated heterocycles. The van der Waals surface area contributed by atoms with E-state index in [0.29, 0.717) is 6.42 Å². The number of nitrogens with one attached hydrogen (secondary N) is 1. The zero-order valence-corrected chi connectivity index (χ0v) is 8.03. The first-order chi connectivity index (χ1) is 7.18. The van der Waals surface area contributed by atoms with Gasteiger partial charge >= 0.3 is 5.97 Å². The lowest BCUT2D eigenvalue weighted by atomic mass is 10.1. The van der Waals surface area contributed by atoms with E-state index in [9.17, 15) is 4.79 Å². The summed E-state index contributed by atoms with van der Waals surface area (Å²) in [5.41, 5.74) is 0.730. The zero-order chi connectivity index (χ0) is 10.8. The summed E-state index contributed by atoms with van der Waals surface area (Å²) in [5, 5.41) is 17.9. The highest BCUT2D eigenvalue weighted by molar-refractivity contribution is 6.17. The molecule has 1 aliphatic rings. The molecule has 1 aliphatic heterocycles. The summed E-state index contributed by atoms with van der Waals surface area (Å²) in [4.78, 5) is 14.5. The largest absolute Gasteiger partial charge is 0.481 e. The van der Waals surface area contributed by atoms with Gasteiger partial charge in [-0.3, -0.25) is 10.2 Å². The van der Waals surface area contributed by atoms with Crippen LogP contribution in [0.1, 0.15) is 12.8 Å². The second-order valence-corrected chi connectivity index (χ2v) is 3.35. The molecule has 0 radical (unpaired) electrons. The van der Waals surface area contributed by atoms with Crippen molar-refractivity contribution in [1.29, 1.82) is 5.41 Å².